The molecular formula is C50H33N5O. The van der Waals surface area contributed by atoms with E-state index in [2.05, 4.69) is 89.8 Å². The molecule has 0 saturated carbocycles. The predicted molar refractivity (Wildman–Crippen MR) is 225 cm³/mol. The topological polar surface area (TPSA) is 64.0 Å². The molecule has 0 atom stereocenters. The van der Waals surface area contributed by atoms with Crippen LogP contribution in [0.25, 0.3) is 67.5 Å². The van der Waals surface area contributed by atoms with Crippen molar-refractivity contribution in [1.82, 2.24) is 19.9 Å². The molecule has 6 heteroatoms. The number of ether oxygens (including phenoxy) is 1. The van der Waals surface area contributed by atoms with Gasteiger partial charge in [-0.1, -0.05) is 158 Å². The van der Waals surface area contributed by atoms with Crippen LogP contribution in [-0.2, 0) is 0 Å². The van der Waals surface area contributed by atoms with Crippen molar-refractivity contribution in [3.63, 3.8) is 0 Å². The first kappa shape index (κ1) is 32.9. The van der Waals surface area contributed by atoms with Crippen LogP contribution in [0.2, 0.25) is 0 Å². The first-order chi connectivity index (χ1) is 27.8. The van der Waals surface area contributed by atoms with E-state index in [9.17, 15) is 0 Å². The molecule has 0 spiro atoms. The van der Waals surface area contributed by atoms with Crippen molar-refractivity contribution in [1.29, 1.82) is 0 Å². The summed E-state index contributed by atoms with van der Waals surface area (Å²) in [5.41, 5.74) is 10.7. The Morgan fingerprint density at radius 2 is 0.804 bits per heavy atom. The van der Waals surface area contributed by atoms with Gasteiger partial charge in [0.1, 0.15) is 5.82 Å². The maximum absolute atomic E-state index is 6.43. The van der Waals surface area contributed by atoms with Crippen molar-refractivity contribution in [2.45, 2.75) is 0 Å². The number of pyridine rings is 1. The minimum atomic E-state index is 0.504. The summed E-state index contributed by atoms with van der Waals surface area (Å²) in [5, 5.41) is 0. The lowest BCUT2D eigenvalue weighted by atomic mass is 9.91. The van der Waals surface area contributed by atoms with Gasteiger partial charge in [0.05, 0.1) is 16.9 Å². The van der Waals surface area contributed by atoms with E-state index in [1.54, 1.807) is 0 Å². The summed E-state index contributed by atoms with van der Waals surface area (Å²) in [6.45, 7) is 0. The fraction of sp³-hybridized carbons (Fsp3) is 0. The van der Waals surface area contributed by atoms with Crippen LogP contribution in [0.1, 0.15) is 0 Å². The van der Waals surface area contributed by atoms with Crippen LogP contribution in [0, 0.1) is 0 Å². The lowest BCUT2D eigenvalue weighted by Gasteiger charge is -2.33. The molecule has 0 radical (unpaired) electrons. The van der Waals surface area contributed by atoms with Gasteiger partial charge in [0, 0.05) is 22.9 Å². The summed E-state index contributed by atoms with van der Waals surface area (Å²) in [6.07, 6.45) is 1.97. The second-order valence-corrected chi connectivity index (χ2v) is 13.5. The number of aromatic nitrogens is 4. The van der Waals surface area contributed by atoms with Gasteiger partial charge in [0.25, 0.3) is 0 Å². The number of hydrogen-bond acceptors (Lipinski definition) is 6. The Kier molecular flexibility index (Phi) is 8.39. The highest BCUT2D eigenvalue weighted by molar-refractivity contribution is 5.94. The summed E-state index contributed by atoms with van der Waals surface area (Å²) >= 11 is 0. The molecule has 0 amide bonds. The normalized spacial score (nSPS) is 11.7. The maximum Gasteiger partial charge on any atom is 0.167 e. The molecule has 3 heterocycles. The quantitative estimate of drug-likeness (QED) is 0.163. The van der Waals surface area contributed by atoms with E-state index < -0.39 is 0 Å². The molecule has 0 saturated heterocycles. The Hall–Kier alpha value is -7.70. The third kappa shape index (κ3) is 6.15. The maximum atomic E-state index is 6.43. The van der Waals surface area contributed by atoms with E-state index in [4.69, 9.17) is 24.7 Å². The first-order valence-electron chi connectivity index (χ1n) is 18.6. The largest absolute Gasteiger partial charge is 0.453 e. The number of anilines is 3. The molecule has 10 rings (SSSR count). The van der Waals surface area contributed by atoms with Crippen molar-refractivity contribution in [3.8, 4) is 79.0 Å². The van der Waals surface area contributed by atoms with Gasteiger partial charge in [-0.05, 0) is 64.2 Å². The van der Waals surface area contributed by atoms with Crippen molar-refractivity contribution in [3.05, 3.63) is 200 Å². The Morgan fingerprint density at radius 1 is 0.339 bits per heavy atom. The third-order valence-electron chi connectivity index (χ3n) is 9.97. The van der Waals surface area contributed by atoms with Gasteiger partial charge in [-0.25, -0.2) is 19.9 Å². The van der Waals surface area contributed by atoms with Crippen LogP contribution in [0.4, 0.5) is 17.2 Å². The molecule has 2 aromatic heterocycles. The number of fused-ring (bicyclic) bond motifs is 2. The average molecular weight is 720 g/mol. The summed E-state index contributed by atoms with van der Waals surface area (Å²) in [7, 11) is 0. The zero-order chi connectivity index (χ0) is 37.3. The highest BCUT2D eigenvalue weighted by Gasteiger charge is 2.30. The van der Waals surface area contributed by atoms with E-state index in [-0.39, 0.29) is 0 Å². The van der Waals surface area contributed by atoms with Gasteiger partial charge >= 0.3 is 0 Å². The standard InChI is InChI=1S/C50H33N5O/c1-5-17-34(18-6-1)38-29-30-40(35-19-7-2-8-20-35)41(31-38)39-32-42(49-53-47(36-21-9-3-10-22-36)52-48(54-49)37-23-11-4-12-24-37)50(51-33-39)55-43-25-13-15-27-45(43)56-46-28-16-14-26-44(46)55/h1-33H. The molecule has 0 fully saturated rings. The lowest BCUT2D eigenvalue weighted by Crippen LogP contribution is -2.18. The predicted octanol–water partition coefficient (Wildman–Crippen LogP) is 12.8. The molecule has 9 aromatic rings. The van der Waals surface area contributed by atoms with Crippen molar-refractivity contribution in [2.24, 2.45) is 0 Å². The Balaban J connectivity index is 1.27. The van der Waals surface area contributed by atoms with Gasteiger partial charge in [-0.15, -0.1) is 0 Å². The second-order valence-electron chi connectivity index (χ2n) is 13.5. The Labute approximate surface area is 325 Å². The average Bonchev–Trinajstić information content (AvgIpc) is 3.29. The smallest absolute Gasteiger partial charge is 0.167 e. The van der Waals surface area contributed by atoms with E-state index in [1.165, 1.54) is 0 Å². The summed E-state index contributed by atoms with van der Waals surface area (Å²) in [6, 6.07) is 66.0. The van der Waals surface area contributed by atoms with E-state index >= 15 is 0 Å². The monoisotopic (exact) mass is 719 g/mol. The Bertz CT molecular complexity index is 2730. The number of nitrogens with zero attached hydrogens (tertiary/aromatic N) is 5. The van der Waals surface area contributed by atoms with Gasteiger partial charge in [-0.2, -0.15) is 0 Å². The molecular weight excluding hydrogens is 687 g/mol. The number of hydrogen-bond donors (Lipinski definition) is 0. The van der Waals surface area contributed by atoms with Crippen LogP contribution in [0.3, 0.4) is 0 Å². The van der Waals surface area contributed by atoms with Crippen molar-refractivity contribution in [2.75, 3.05) is 4.90 Å². The molecule has 56 heavy (non-hydrogen) atoms. The van der Waals surface area contributed by atoms with Crippen LogP contribution in [-0.4, -0.2) is 19.9 Å². The zero-order valence-electron chi connectivity index (χ0n) is 30.2. The second kappa shape index (κ2) is 14.3. The molecule has 0 N–H and O–H groups in total. The van der Waals surface area contributed by atoms with E-state index in [0.717, 1.165) is 72.9 Å². The molecule has 7 aromatic carbocycles. The van der Waals surface area contributed by atoms with Crippen molar-refractivity contribution >= 4 is 17.2 Å². The van der Waals surface area contributed by atoms with Crippen LogP contribution < -0.4 is 9.64 Å². The lowest BCUT2D eigenvalue weighted by molar-refractivity contribution is 0.476. The number of benzene rings is 7. The minimum absolute atomic E-state index is 0.504. The summed E-state index contributed by atoms with van der Waals surface area (Å²) < 4.78 is 6.43. The summed E-state index contributed by atoms with van der Waals surface area (Å²) in [4.78, 5) is 23.0. The molecule has 264 valence electrons. The highest BCUT2D eigenvalue weighted by Crippen LogP contribution is 2.52. The van der Waals surface area contributed by atoms with Gasteiger partial charge in [0.15, 0.2) is 29.0 Å². The molecule has 0 aliphatic carbocycles. The molecule has 6 nitrogen and oxygen atoms in total. The van der Waals surface area contributed by atoms with Crippen LogP contribution in [0.5, 0.6) is 11.5 Å². The highest BCUT2D eigenvalue weighted by atomic mass is 16.5. The number of para-hydroxylation sites is 4. The van der Waals surface area contributed by atoms with Gasteiger partial charge in [-0.3, -0.25) is 4.90 Å². The molecule has 0 bridgehead atoms. The SMILES string of the molecule is c1ccc(-c2ccc(-c3ccccc3)c(-c3cnc(N4c5ccccc5Oc5ccccc54)c(-c4nc(-c5ccccc5)nc(-c5ccccc5)n4)c3)c2)cc1. The van der Waals surface area contributed by atoms with Crippen LogP contribution >= 0.6 is 0 Å². The van der Waals surface area contributed by atoms with Gasteiger partial charge < -0.3 is 4.74 Å². The van der Waals surface area contributed by atoms with Gasteiger partial charge in [0.2, 0.25) is 0 Å². The summed E-state index contributed by atoms with van der Waals surface area (Å²) in [5.74, 6) is 3.78. The van der Waals surface area contributed by atoms with E-state index in [0.29, 0.717) is 23.3 Å². The Morgan fingerprint density at radius 3 is 1.38 bits per heavy atom. The van der Waals surface area contributed by atoms with Crippen LogP contribution in [0.15, 0.2) is 200 Å². The zero-order valence-corrected chi connectivity index (χ0v) is 30.2. The molecule has 0 unspecified atom stereocenters. The molecule has 1 aliphatic heterocycles. The fourth-order valence-corrected chi connectivity index (χ4v) is 7.27. The fourth-order valence-electron chi connectivity index (χ4n) is 7.27. The third-order valence-corrected chi connectivity index (χ3v) is 9.97. The minimum Gasteiger partial charge on any atom is -0.453 e. The first-order valence-corrected chi connectivity index (χ1v) is 18.6. The van der Waals surface area contributed by atoms with E-state index in [1.807, 2.05) is 115 Å². The number of rotatable bonds is 7. The van der Waals surface area contributed by atoms with Crippen molar-refractivity contribution < 1.29 is 4.74 Å². The molecule has 1 aliphatic rings.